The van der Waals surface area contributed by atoms with E-state index in [9.17, 15) is 13.6 Å². The topological polar surface area (TPSA) is 46.3 Å². The molecule has 116 valence electrons. The number of hydrogen-bond acceptors (Lipinski definition) is 2. The number of carbonyl (C=O) groups is 1. The summed E-state index contributed by atoms with van der Waals surface area (Å²) in [7, 11) is 0. The number of nitrogens with two attached hydrogens (primary N) is 1. The molecule has 1 aliphatic carbocycles. The average molecular weight is 296 g/mol. The van der Waals surface area contributed by atoms with E-state index in [1.165, 1.54) is 6.07 Å². The minimum atomic E-state index is -0.990. The molecule has 2 rings (SSSR count). The fourth-order valence-electron chi connectivity index (χ4n) is 3.20. The SMILES string of the molecule is CCN(C(=O)c1ccc(F)c(F)c1)C1CCCCC1CN. The second kappa shape index (κ2) is 6.98. The molecule has 3 nitrogen and oxygen atoms in total. The molecular formula is C16H22F2N2O. The van der Waals surface area contributed by atoms with Gasteiger partial charge in [-0.15, -0.1) is 0 Å². The minimum Gasteiger partial charge on any atom is -0.336 e. The Morgan fingerprint density at radius 2 is 2.00 bits per heavy atom. The van der Waals surface area contributed by atoms with Gasteiger partial charge in [0.2, 0.25) is 0 Å². The third kappa shape index (κ3) is 3.40. The summed E-state index contributed by atoms with van der Waals surface area (Å²) in [4.78, 5) is 14.3. The normalized spacial score (nSPS) is 22.1. The van der Waals surface area contributed by atoms with E-state index in [1.807, 2.05) is 6.92 Å². The quantitative estimate of drug-likeness (QED) is 0.928. The number of hydrogen-bond donors (Lipinski definition) is 1. The Hall–Kier alpha value is -1.49. The van der Waals surface area contributed by atoms with Crippen LogP contribution < -0.4 is 5.73 Å². The Labute approximate surface area is 124 Å². The van der Waals surface area contributed by atoms with Crippen molar-refractivity contribution in [2.24, 2.45) is 11.7 Å². The van der Waals surface area contributed by atoms with Crippen LogP contribution in [-0.4, -0.2) is 29.9 Å². The number of rotatable bonds is 4. The molecule has 2 N–H and O–H groups in total. The van der Waals surface area contributed by atoms with Gasteiger partial charge in [-0.1, -0.05) is 12.8 Å². The second-order valence-corrected chi connectivity index (χ2v) is 5.57. The second-order valence-electron chi connectivity index (χ2n) is 5.57. The highest BCUT2D eigenvalue weighted by molar-refractivity contribution is 5.94. The van der Waals surface area contributed by atoms with Crippen molar-refractivity contribution in [3.63, 3.8) is 0 Å². The molecule has 21 heavy (non-hydrogen) atoms. The highest BCUT2D eigenvalue weighted by Gasteiger charge is 2.31. The van der Waals surface area contributed by atoms with Crippen LogP contribution in [0.2, 0.25) is 0 Å². The summed E-state index contributed by atoms with van der Waals surface area (Å²) in [6.07, 6.45) is 4.14. The molecule has 5 heteroatoms. The van der Waals surface area contributed by atoms with E-state index in [4.69, 9.17) is 5.73 Å². The molecule has 0 heterocycles. The molecule has 0 aliphatic heterocycles. The van der Waals surface area contributed by atoms with Gasteiger partial charge >= 0.3 is 0 Å². The van der Waals surface area contributed by atoms with Crippen molar-refractivity contribution in [1.29, 1.82) is 0 Å². The van der Waals surface area contributed by atoms with Gasteiger partial charge in [0.15, 0.2) is 11.6 Å². The monoisotopic (exact) mass is 296 g/mol. The lowest BCUT2D eigenvalue weighted by molar-refractivity contribution is 0.0559. The average Bonchev–Trinajstić information content (AvgIpc) is 2.51. The summed E-state index contributed by atoms with van der Waals surface area (Å²) in [6, 6.07) is 3.40. The van der Waals surface area contributed by atoms with Crippen molar-refractivity contribution in [3.8, 4) is 0 Å². The van der Waals surface area contributed by atoms with Crippen molar-refractivity contribution >= 4 is 5.91 Å². The van der Waals surface area contributed by atoms with Crippen molar-refractivity contribution in [1.82, 2.24) is 4.90 Å². The van der Waals surface area contributed by atoms with Crippen molar-refractivity contribution in [3.05, 3.63) is 35.4 Å². The summed E-state index contributed by atoms with van der Waals surface area (Å²) in [5, 5.41) is 0. The smallest absolute Gasteiger partial charge is 0.254 e. The molecule has 2 unspecified atom stereocenters. The van der Waals surface area contributed by atoms with Crippen LogP contribution >= 0.6 is 0 Å². The zero-order chi connectivity index (χ0) is 15.4. The van der Waals surface area contributed by atoms with Crippen LogP contribution in [0.25, 0.3) is 0 Å². The Morgan fingerprint density at radius 1 is 1.29 bits per heavy atom. The summed E-state index contributed by atoms with van der Waals surface area (Å²) in [5.74, 6) is -1.89. The van der Waals surface area contributed by atoms with E-state index in [0.29, 0.717) is 13.1 Å². The van der Waals surface area contributed by atoms with E-state index < -0.39 is 11.6 Å². The highest BCUT2D eigenvalue weighted by Crippen LogP contribution is 2.29. The summed E-state index contributed by atoms with van der Waals surface area (Å²) in [6.45, 7) is 2.99. The van der Waals surface area contributed by atoms with Crippen molar-refractivity contribution in [2.45, 2.75) is 38.6 Å². The van der Waals surface area contributed by atoms with Crippen molar-refractivity contribution < 1.29 is 13.6 Å². The van der Waals surface area contributed by atoms with Gasteiger partial charge in [-0.25, -0.2) is 8.78 Å². The minimum absolute atomic E-state index is 0.0920. The molecule has 1 aliphatic rings. The number of nitrogens with zero attached hydrogens (tertiary/aromatic N) is 1. The number of carbonyl (C=O) groups excluding carboxylic acids is 1. The van der Waals surface area contributed by atoms with Gasteiger partial charge in [0.1, 0.15) is 0 Å². The Morgan fingerprint density at radius 3 is 2.62 bits per heavy atom. The first kappa shape index (κ1) is 15.9. The van der Waals surface area contributed by atoms with Gasteiger partial charge in [0.25, 0.3) is 5.91 Å². The number of benzene rings is 1. The molecule has 1 amide bonds. The van der Waals surface area contributed by atoms with Gasteiger partial charge in [-0.3, -0.25) is 4.79 Å². The predicted molar refractivity (Wildman–Crippen MR) is 77.9 cm³/mol. The third-order valence-electron chi connectivity index (χ3n) is 4.34. The van der Waals surface area contributed by atoms with E-state index in [2.05, 4.69) is 0 Å². The predicted octanol–water partition coefficient (Wildman–Crippen LogP) is 2.94. The first-order valence-electron chi connectivity index (χ1n) is 7.54. The zero-order valence-electron chi connectivity index (χ0n) is 12.3. The summed E-state index contributed by atoms with van der Waals surface area (Å²) >= 11 is 0. The zero-order valence-corrected chi connectivity index (χ0v) is 12.3. The van der Waals surface area contributed by atoms with Crippen LogP contribution in [-0.2, 0) is 0 Å². The molecule has 1 aromatic carbocycles. The van der Waals surface area contributed by atoms with E-state index in [0.717, 1.165) is 37.8 Å². The molecule has 0 aromatic heterocycles. The number of halogens is 2. The molecule has 0 radical (unpaired) electrons. The van der Waals surface area contributed by atoms with E-state index in [-0.39, 0.29) is 23.4 Å². The lowest BCUT2D eigenvalue weighted by Gasteiger charge is -2.39. The molecule has 1 saturated carbocycles. The maximum absolute atomic E-state index is 13.3. The number of amides is 1. The standard InChI is InChI=1S/C16H22F2N2O/c1-2-20(15-6-4-3-5-12(15)10-19)16(21)11-7-8-13(17)14(18)9-11/h7-9,12,15H,2-6,10,19H2,1H3. The maximum Gasteiger partial charge on any atom is 0.254 e. The molecule has 0 spiro atoms. The molecule has 2 atom stereocenters. The Balaban J connectivity index is 2.22. The van der Waals surface area contributed by atoms with Crippen LogP contribution in [0.5, 0.6) is 0 Å². The fraction of sp³-hybridized carbons (Fsp3) is 0.562. The van der Waals surface area contributed by atoms with Gasteiger partial charge in [0, 0.05) is 18.2 Å². The first-order valence-corrected chi connectivity index (χ1v) is 7.54. The van der Waals surface area contributed by atoms with Crippen LogP contribution in [0, 0.1) is 17.6 Å². The molecule has 1 aromatic rings. The maximum atomic E-state index is 13.3. The van der Waals surface area contributed by atoms with Crippen LogP contribution in [0.15, 0.2) is 18.2 Å². The van der Waals surface area contributed by atoms with Gasteiger partial charge in [-0.05, 0) is 50.4 Å². The summed E-state index contributed by atoms with van der Waals surface area (Å²) < 4.78 is 26.3. The van der Waals surface area contributed by atoms with Crippen molar-refractivity contribution in [2.75, 3.05) is 13.1 Å². The summed E-state index contributed by atoms with van der Waals surface area (Å²) in [5.41, 5.74) is 6.01. The molecule has 0 bridgehead atoms. The molecule has 0 saturated heterocycles. The van der Waals surface area contributed by atoms with Crippen LogP contribution in [0.3, 0.4) is 0 Å². The lowest BCUT2D eigenvalue weighted by Crippen LogP contribution is -2.48. The Bertz CT molecular complexity index is 507. The van der Waals surface area contributed by atoms with Gasteiger partial charge in [0.05, 0.1) is 0 Å². The molecular weight excluding hydrogens is 274 g/mol. The van der Waals surface area contributed by atoms with Crippen LogP contribution in [0.1, 0.15) is 43.0 Å². The lowest BCUT2D eigenvalue weighted by atomic mass is 9.83. The highest BCUT2D eigenvalue weighted by atomic mass is 19.2. The van der Waals surface area contributed by atoms with Gasteiger partial charge in [-0.2, -0.15) is 0 Å². The first-order chi connectivity index (χ1) is 10.1. The van der Waals surface area contributed by atoms with Crippen LogP contribution in [0.4, 0.5) is 8.78 Å². The van der Waals surface area contributed by atoms with Gasteiger partial charge < -0.3 is 10.6 Å². The fourth-order valence-corrected chi connectivity index (χ4v) is 3.20. The van der Waals surface area contributed by atoms with E-state index in [1.54, 1.807) is 4.90 Å². The molecule has 1 fully saturated rings. The third-order valence-corrected chi connectivity index (χ3v) is 4.34. The largest absolute Gasteiger partial charge is 0.336 e. The van der Waals surface area contributed by atoms with E-state index >= 15 is 0 Å². The Kier molecular flexibility index (Phi) is 5.28.